The Labute approximate surface area is 113 Å². The SMILES string of the molecule is CCS(=O)(=O)C(c1cccc(Cl)c1)S(=O)(=O)CC. The molecule has 0 fully saturated rings. The number of sulfone groups is 2. The van der Waals surface area contributed by atoms with Gasteiger partial charge < -0.3 is 0 Å². The van der Waals surface area contributed by atoms with Crippen LogP contribution in [0.25, 0.3) is 0 Å². The van der Waals surface area contributed by atoms with Crippen LogP contribution < -0.4 is 0 Å². The Morgan fingerprint density at radius 1 is 1.06 bits per heavy atom. The summed E-state index contributed by atoms with van der Waals surface area (Å²) < 4.78 is 46.4. The van der Waals surface area contributed by atoms with Crippen molar-refractivity contribution in [2.75, 3.05) is 11.5 Å². The second-order valence-electron chi connectivity index (χ2n) is 3.79. The third-order valence-corrected chi connectivity index (χ3v) is 8.03. The van der Waals surface area contributed by atoms with Crippen LogP contribution in [-0.2, 0) is 19.7 Å². The van der Waals surface area contributed by atoms with E-state index in [-0.39, 0.29) is 17.1 Å². The predicted octanol–water partition coefficient (Wildman–Crippen LogP) is 2.21. The molecule has 1 aromatic rings. The van der Waals surface area contributed by atoms with E-state index in [2.05, 4.69) is 0 Å². The molecule has 0 bridgehead atoms. The van der Waals surface area contributed by atoms with Crippen LogP contribution in [0.1, 0.15) is 24.0 Å². The van der Waals surface area contributed by atoms with Crippen LogP contribution in [0.3, 0.4) is 0 Å². The van der Waals surface area contributed by atoms with Crippen LogP contribution in [0, 0.1) is 0 Å². The third-order valence-electron chi connectivity index (χ3n) is 2.58. The lowest BCUT2D eigenvalue weighted by Gasteiger charge is -2.17. The molecule has 0 aliphatic rings. The van der Waals surface area contributed by atoms with Crippen molar-refractivity contribution in [3.63, 3.8) is 0 Å². The summed E-state index contributed by atoms with van der Waals surface area (Å²) in [6.45, 7) is 2.86. The number of hydrogen-bond donors (Lipinski definition) is 0. The summed E-state index contributed by atoms with van der Waals surface area (Å²) in [5.74, 6) is -0.465. The molecule has 18 heavy (non-hydrogen) atoms. The van der Waals surface area contributed by atoms with E-state index in [0.29, 0.717) is 5.02 Å². The fourth-order valence-electron chi connectivity index (χ4n) is 1.59. The Hall–Kier alpha value is -0.590. The van der Waals surface area contributed by atoms with Crippen LogP contribution in [-0.4, -0.2) is 28.3 Å². The lowest BCUT2D eigenvalue weighted by atomic mass is 10.2. The molecule has 0 aliphatic heterocycles. The lowest BCUT2D eigenvalue weighted by molar-refractivity contribution is 0.578. The summed E-state index contributed by atoms with van der Waals surface area (Å²) in [7, 11) is -7.49. The molecule has 1 aromatic carbocycles. The minimum Gasteiger partial charge on any atom is -0.227 e. The van der Waals surface area contributed by atoms with Gasteiger partial charge in [0.2, 0.25) is 0 Å². The van der Waals surface area contributed by atoms with Crippen LogP contribution in [0.4, 0.5) is 0 Å². The first kappa shape index (κ1) is 15.5. The highest BCUT2D eigenvalue weighted by Gasteiger charge is 2.36. The van der Waals surface area contributed by atoms with Crippen molar-refractivity contribution in [2.45, 2.75) is 18.4 Å². The summed E-state index contributed by atoms with van der Waals surface area (Å²) in [5, 5.41) is 0.315. The maximum absolute atomic E-state index is 12.0. The van der Waals surface area contributed by atoms with Gasteiger partial charge >= 0.3 is 0 Å². The zero-order valence-electron chi connectivity index (χ0n) is 10.1. The zero-order valence-corrected chi connectivity index (χ0v) is 12.5. The van der Waals surface area contributed by atoms with Gasteiger partial charge in [0.25, 0.3) is 0 Å². The number of rotatable bonds is 5. The van der Waals surface area contributed by atoms with Gasteiger partial charge in [0.1, 0.15) is 0 Å². The Balaban J connectivity index is 3.50. The molecule has 0 saturated carbocycles. The molecule has 1 rings (SSSR count). The van der Waals surface area contributed by atoms with Crippen LogP contribution in [0.2, 0.25) is 5.02 Å². The zero-order chi connectivity index (χ0) is 14.0. The smallest absolute Gasteiger partial charge is 0.187 e. The number of halogens is 1. The molecule has 102 valence electrons. The molecule has 0 aromatic heterocycles. The molecule has 0 atom stereocenters. The van der Waals surface area contributed by atoms with E-state index in [4.69, 9.17) is 11.6 Å². The molecule has 4 nitrogen and oxygen atoms in total. The fourth-order valence-corrected chi connectivity index (χ4v) is 6.12. The third kappa shape index (κ3) is 3.24. The molecule has 0 unspecified atom stereocenters. The molecule has 0 heterocycles. The summed E-state index contributed by atoms with van der Waals surface area (Å²) in [6, 6.07) is 5.96. The largest absolute Gasteiger partial charge is 0.227 e. The van der Waals surface area contributed by atoms with E-state index in [0.717, 1.165) is 0 Å². The van der Waals surface area contributed by atoms with E-state index >= 15 is 0 Å². The highest BCUT2D eigenvalue weighted by molar-refractivity contribution is 8.08. The lowest BCUT2D eigenvalue weighted by Crippen LogP contribution is -2.25. The first-order valence-electron chi connectivity index (χ1n) is 5.43. The Bertz CT molecular complexity index is 586. The molecule has 0 radical (unpaired) electrons. The average molecular weight is 311 g/mol. The van der Waals surface area contributed by atoms with Gasteiger partial charge in [-0.3, -0.25) is 0 Å². The minimum absolute atomic E-state index is 0.200. The molecule has 7 heteroatoms. The maximum Gasteiger partial charge on any atom is 0.187 e. The van der Waals surface area contributed by atoms with Crippen molar-refractivity contribution in [1.29, 1.82) is 0 Å². The van der Waals surface area contributed by atoms with E-state index in [1.165, 1.54) is 26.0 Å². The molecule has 0 aliphatic carbocycles. The molecule has 0 spiro atoms. The van der Waals surface area contributed by atoms with Crippen molar-refractivity contribution in [3.05, 3.63) is 34.9 Å². The van der Waals surface area contributed by atoms with Crippen molar-refractivity contribution in [1.82, 2.24) is 0 Å². The van der Waals surface area contributed by atoms with Gasteiger partial charge in [-0.15, -0.1) is 0 Å². The summed E-state index contributed by atoms with van der Waals surface area (Å²) in [5.41, 5.74) is 0.200. The maximum atomic E-state index is 12.0. The monoisotopic (exact) mass is 310 g/mol. The molecular weight excluding hydrogens is 296 g/mol. The Morgan fingerprint density at radius 2 is 1.56 bits per heavy atom. The number of hydrogen-bond acceptors (Lipinski definition) is 4. The van der Waals surface area contributed by atoms with E-state index in [1.54, 1.807) is 12.1 Å². The van der Waals surface area contributed by atoms with Gasteiger partial charge in [0, 0.05) is 16.5 Å². The van der Waals surface area contributed by atoms with Crippen molar-refractivity contribution in [2.24, 2.45) is 0 Å². The van der Waals surface area contributed by atoms with E-state index in [1.807, 2.05) is 0 Å². The highest BCUT2D eigenvalue weighted by Crippen LogP contribution is 2.31. The van der Waals surface area contributed by atoms with Crippen LogP contribution in [0.5, 0.6) is 0 Å². The minimum atomic E-state index is -3.75. The van der Waals surface area contributed by atoms with Gasteiger partial charge in [-0.25, -0.2) is 16.8 Å². The van der Waals surface area contributed by atoms with Crippen LogP contribution in [0.15, 0.2) is 24.3 Å². The summed E-state index contributed by atoms with van der Waals surface area (Å²) in [4.78, 5) is 0. The quantitative estimate of drug-likeness (QED) is 0.836. The second-order valence-corrected chi connectivity index (χ2v) is 9.27. The van der Waals surface area contributed by atoms with Crippen LogP contribution >= 0.6 is 11.6 Å². The van der Waals surface area contributed by atoms with Crippen molar-refractivity contribution < 1.29 is 16.8 Å². The first-order chi connectivity index (χ1) is 8.24. The Kier molecular flexibility index (Phi) is 4.80. The van der Waals surface area contributed by atoms with Crippen molar-refractivity contribution >= 4 is 31.3 Å². The molecule has 0 saturated heterocycles. The predicted molar refractivity (Wildman–Crippen MR) is 73.1 cm³/mol. The van der Waals surface area contributed by atoms with E-state index in [9.17, 15) is 16.8 Å². The van der Waals surface area contributed by atoms with Gasteiger partial charge in [-0.2, -0.15) is 0 Å². The number of benzene rings is 1. The molecular formula is C11H15ClO4S2. The topological polar surface area (TPSA) is 68.3 Å². The van der Waals surface area contributed by atoms with Gasteiger partial charge in [-0.05, 0) is 17.7 Å². The highest BCUT2D eigenvalue weighted by atomic mass is 35.5. The van der Waals surface area contributed by atoms with Gasteiger partial charge in [0.15, 0.2) is 24.3 Å². The average Bonchev–Trinajstić information content (AvgIpc) is 2.28. The first-order valence-corrected chi connectivity index (χ1v) is 9.24. The summed E-state index contributed by atoms with van der Waals surface area (Å²) >= 11 is 5.79. The normalized spacial score (nSPS) is 12.9. The van der Waals surface area contributed by atoms with E-state index < -0.39 is 24.3 Å². The standard InChI is InChI=1S/C11H15ClO4S2/c1-3-17(13,14)11(18(15,16)4-2)9-6-5-7-10(12)8-9/h5-8,11H,3-4H2,1-2H3. The second kappa shape index (κ2) is 5.59. The fraction of sp³-hybridized carbons (Fsp3) is 0.455. The molecule has 0 amide bonds. The summed E-state index contributed by atoms with van der Waals surface area (Å²) in [6.07, 6.45) is 0. The van der Waals surface area contributed by atoms with Gasteiger partial charge in [0.05, 0.1) is 0 Å². The van der Waals surface area contributed by atoms with Crippen molar-refractivity contribution in [3.8, 4) is 0 Å². The molecule has 0 N–H and O–H groups in total. The van der Waals surface area contributed by atoms with Gasteiger partial charge in [-0.1, -0.05) is 37.6 Å². The Morgan fingerprint density at radius 3 is 1.94 bits per heavy atom.